The van der Waals surface area contributed by atoms with E-state index >= 15 is 0 Å². The van der Waals surface area contributed by atoms with E-state index in [-0.39, 0.29) is 5.56 Å². The molecule has 0 aromatic heterocycles. The number of carboxylic acid groups (broad SMARTS) is 1. The van der Waals surface area contributed by atoms with Crippen molar-refractivity contribution in [3.63, 3.8) is 0 Å². The number of nitrogens with zero attached hydrogens (tertiary/aromatic N) is 1. The molecule has 1 aromatic carbocycles. The molecule has 1 aliphatic heterocycles. The molecule has 0 saturated carbocycles. The number of amides is 2. The van der Waals surface area contributed by atoms with E-state index in [9.17, 15) is 23.5 Å². The first-order chi connectivity index (χ1) is 10.3. The summed E-state index contributed by atoms with van der Waals surface area (Å²) in [6.45, 7) is 3.70. The van der Waals surface area contributed by atoms with Crippen molar-refractivity contribution in [1.82, 2.24) is 4.90 Å². The molecule has 2 rings (SSSR count). The Morgan fingerprint density at radius 2 is 1.82 bits per heavy atom. The van der Waals surface area contributed by atoms with Crippen LogP contribution in [0, 0.1) is 17.0 Å². The summed E-state index contributed by atoms with van der Waals surface area (Å²) >= 11 is 0. The fourth-order valence-electron chi connectivity index (χ4n) is 3.26. The number of halogens is 2. The second-order valence-corrected chi connectivity index (χ2v) is 5.70. The summed E-state index contributed by atoms with van der Waals surface area (Å²) in [4.78, 5) is 25.0. The zero-order valence-corrected chi connectivity index (χ0v) is 12.6. The maximum Gasteiger partial charge on any atom is 0.414 e. The number of likely N-dealkylation sites (tertiary alicyclic amines) is 1. The summed E-state index contributed by atoms with van der Waals surface area (Å²) in [6.07, 6.45) is 0.561. The lowest BCUT2D eigenvalue weighted by atomic mass is 9.72. The number of hydrogen-bond donors (Lipinski definition) is 1. The maximum absolute atomic E-state index is 13.4. The number of rotatable bonds is 3. The van der Waals surface area contributed by atoms with Crippen LogP contribution >= 0.6 is 0 Å². The number of benzene rings is 1. The molecule has 2 amide bonds. The molecule has 4 nitrogen and oxygen atoms in total. The van der Waals surface area contributed by atoms with Gasteiger partial charge in [0.05, 0.1) is 6.04 Å². The van der Waals surface area contributed by atoms with E-state index in [0.29, 0.717) is 25.7 Å². The predicted octanol–water partition coefficient (Wildman–Crippen LogP) is 4.11. The van der Waals surface area contributed by atoms with Crippen LogP contribution in [0.3, 0.4) is 0 Å². The number of carbonyl (C=O) groups is 2. The van der Waals surface area contributed by atoms with Crippen LogP contribution in [0.4, 0.5) is 13.6 Å². The molecule has 1 fully saturated rings. The van der Waals surface area contributed by atoms with Gasteiger partial charge in [-0.2, -0.15) is 0 Å². The van der Waals surface area contributed by atoms with Crippen LogP contribution in [-0.4, -0.2) is 22.0 Å². The highest BCUT2D eigenvalue weighted by Crippen LogP contribution is 2.45. The Kier molecular flexibility index (Phi) is 4.49. The monoisotopic (exact) mass is 311 g/mol. The van der Waals surface area contributed by atoms with Gasteiger partial charge in [-0.3, -0.25) is 4.79 Å². The zero-order chi connectivity index (χ0) is 16.5. The average Bonchev–Trinajstić information content (AvgIpc) is 2.45. The van der Waals surface area contributed by atoms with Crippen molar-refractivity contribution in [1.29, 1.82) is 0 Å². The summed E-state index contributed by atoms with van der Waals surface area (Å²) in [6, 6.07) is 2.05. The lowest BCUT2D eigenvalue weighted by molar-refractivity contribution is -0.148. The zero-order valence-electron chi connectivity index (χ0n) is 12.6. The molecule has 1 aromatic rings. The minimum absolute atomic E-state index is 0.175. The normalized spacial score (nSPS) is 21.0. The Balaban J connectivity index is 2.45. The van der Waals surface area contributed by atoms with Crippen LogP contribution < -0.4 is 0 Å². The van der Waals surface area contributed by atoms with E-state index in [1.54, 1.807) is 0 Å². The van der Waals surface area contributed by atoms with Gasteiger partial charge < -0.3 is 5.11 Å². The Morgan fingerprint density at radius 1 is 1.27 bits per heavy atom. The summed E-state index contributed by atoms with van der Waals surface area (Å²) in [5.41, 5.74) is -0.533. The topological polar surface area (TPSA) is 57.6 Å². The van der Waals surface area contributed by atoms with Crippen molar-refractivity contribution in [3.8, 4) is 0 Å². The van der Waals surface area contributed by atoms with Gasteiger partial charge in [-0.25, -0.2) is 18.5 Å². The SMILES string of the molecule is CCC1(CC)CCC(c2cc(F)cc(F)c2)N(C(=O)O)C1=O. The second-order valence-electron chi connectivity index (χ2n) is 5.70. The van der Waals surface area contributed by atoms with Crippen molar-refractivity contribution in [2.24, 2.45) is 5.41 Å². The van der Waals surface area contributed by atoms with Crippen LogP contribution in [0.1, 0.15) is 51.1 Å². The van der Waals surface area contributed by atoms with Gasteiger partial charge in [0.15, 0.2) is 0 Å². The number of hydrogen-bond acceptors (Lipinski definition) is 2. The molecule has 0 spiro atoms. The molecule has 1 atom stereocenters. The Morgan fingerprint density at radius 3 is 2.27 bits per heavy atom. The quantitative estimate of drug-likeness (QED) is 0.913. The standard InChI is InChI=1S/C16H19F2NO3/c1-3-16(4-2)6-5-13(19(14(16)20)15(21)22)10-7-11(17)9-12(18)8-10/h7-9,13H,3-6H2,1-2H3,(H,21,22). The highest BCUT2D eigenvalue weighted by Gasteiger charge is 2.48. The first kappa shape index (κ1) is 16.4. The highest BCUT2D eigenvalue weighted by molar-refractivity contribution is 5.96. The van der Waals surface area contributed by atoms with Gasteiger partial charge in [0.25, 0.3) is 0 Å². The minimum Gasteiger partial charge on any atom is -0.465 e. The van der Waals surface area contributed by atoms with Gasteiger partial charge >= 0.3 is 6.09 Å². The Bertz CT molecular complexity index is 579. The molecular weight excluding hydrogens is 292 g/mol. The second kappa shape index (κ2) is 6.02. The van der Waals surface area contributed by atoms with Gasteiger partial charge in [-0.05, 0) is 43.4 Å². The van der Waals surface area contributed by atoms with Gasteiger partial charge in [0.2, 0.25) is 5.91 Å². The third-order valence-corrected chi connectivity index (χ3v) is 4.71. The fourth-order valence-corrected chi connectivity index (χ4v) is 3.26. The van der Waals surface area contributed by atoms with E-state index in [1.165, 1.54) is 0 Å². The summed E-state index contributed by atoms with van der Waals surface area (Å²) in [5, 5.41) is 9.42. The lowest BCUT2D eigenvalue weighted by Crippen LogP contribution is -2.51. The molecule has 22 heavy (non-hydrogen) atoms. The third kappa shape index (κ3) is 2.69. The molecule has 120 valence electrons. The van der Waals surface area contributed by atoms with Crippen molar-refractivity contribution in [2.45, 2.75) is 45.6 Å². The molecule has 0 bridgehead atoms. The van der Waals surface area contributed by atoms with E-state index in [0.717, 1.165) is 23.1 Å². The van der Waals surface area contributed by atoms with Crippen LogP contribution in [0.2, 0.25) is 0 Å². The largest absolute Gasteiger partial charge is 0.465 e. The Hall–Kier alpha value is -1.98. The highest BCUT2D eigenvalue weighted by atomic mass is 19.1. The van der Waals surface area contributed by atoms with Crippen LogP contribution in [0.25, 0.3) is 0 Å². The molecule has 1 aliphatic rings. The van der Waals surface area contributed by atoms with E-state index in [2.05, 4.69) is 0 Å². The Labute approximate surface area is 127 Å². The van der Waals surface area contributed by atoms with Gasteiger partial charge in [0.1, 0.15) is 11.6 Å². The molecular formula is C16H19F2NO3. The van der Waals surface area contributed by atoms with E-state index < -0.39 is 35.1 Å². The first-order valence-corrected chi connectivity index (χ1v) is 7.37. The number of imide groups is 1. The van der Waals surface area contributed by atoms with Gasteiger partial charge in [-0.1, -0.05) is 13.8 Å². The molecule has 1 saturated heterocycles. The van der Waals surface area contributed by atoms with Crippen LogP contribution in [0.5, 0.6) is 0 Å². The van der Waals surface area contributed by atoms with Crippen LogP contribution in [0.15, 0.2) is 18.2 Å². The minimum atomic E-state index is -1.38. The lowest BCUT2D eigenvalue weighted by Gasteiger charge is -2.43. The summed E-state index contributed by atoms with van der Waals surface area (Å²) in [5.74, 6) is -2.04. The molecule has 1 N–H and O–H groups in total. The smallest absolute Gasteiger partial charge is 0.414 e. The molecule has 6 heteroatoms. The van der Waals surface area contributed by atoms with Gasteiger partial charge in [0, 0.05) is 11.5 Å². The molecule has 1 heterocycles. The average molecular weight is 311 g/mol. The fraction of sp³-hybridized carbons (Fsp3) is 0.500. The van der Waals surface area contributed by atoms with Crippen molar-refractivity contribution in [2.75, 3.05) is 0 Å². The van der Waals surface area contributed by atoms with Crippen molar-refractivity contribution < 1.29 is 23.5 Å². The van der Waals surface area contributed by atoms with Gasteiger partial charge in [-0.15, -0.1) is 0 Å². The van der Waals surface area contributed by atoms with Crippen molar-refractivity contribution >= 4 is 12.0 Å². The van der Waals surface area contributed by atoms with Crippen LogP contribution in [-0.2, 0) is 4.79 Å². The third-order valence-electron chi connectivity index (χ3n) is 4.71. The van der Waals surface area contributed by atoms with E-state index in [4.69, 9.17) is 0 Å². The molecule has 0 radical (unpaired) electrons. The summed E-state index contributed by atoms with van der Waals surface area (Å²) < 4.78 is 26.8. The van der Waals surface area contributed by atoms with Crippen molar-refractivity contribution in [3.05, 3.63) is 35.4 Å². The summed E-state index contributed by atoms with van der Waals surface area (Å²) in [7, 11) is 0. The first-order valence-electron chi connectivity index (χ1n) is 7.37. The maximum atomic E-state index is 13.4. The predicted molar refractivity (Wildman–Crippen MR) is 76.2 cm³/mol. The molecule has 1 unspecified atom stereocenters. The molecule has 0 aliphatic carbocycles. The number of carbonyl (C=O) groups excluding carboxylic acids is 1. The number of piperidine rings is 1. The van der Waals surface area contributed by atoms with E-state index in [1.807, 2.05) is 13.8 Å².